The molecule has 28 heavy (non-hydrogen) atoms. The third-order valence-corrected chi connectivity index (χ3v) is 4.55. The highest BCUT2D eigenvalue weighted by atomic mass is 16.4. The first-order chi connectivity index (χ1) is 13.0. The van der Waals surface area contributed by atoms with Gasteiger partial charge in [-0.2, -0.15) is 0 Å². The molecule has 1 fully saturated rings. The van der Waals surface area contributed by atoms with Crippen LogP contribution < -0.4 is 16.4 Å². The second-order valence-corrected chi connectivity index (χ2v) is 7.07. The first-order valence-electron chi connectivity index (χ1n) is 9.12. The maximum Gasteiger partial charge on any atom is 0.326 e. The second-order valence-electron chi connectivity index (χ2n) is 7.07. The van der Waals surface area contributed by atoms with E-state index in [-0.39, 0.29) is 18.2 Å². The number of hydrogen-bond donors (Lipinski definition) is 5. The number of hydrogen-bond acceptors (Lipinski definition) is 6. The quantitative estimate of drug-likeness (QED) is 0.294. The Morgan fingerprint density at radius 1 is 1.18 bits per heavy atom. The minimum absolute atomic E-state index is 0.0821. The molecule has 3 unspecified atom stereocenters. The topological polar surface area (TPSA) is 179 Å². The summed E-state index contributed by atoms with van der Waals surface area (Å²) in [7, 11) is 0. The summed E-state index contributed by atoms with van der Waals surface area (Å²) in [6.07, 6.45) is 0.388. The second kappa shape index (κ2) is 10.6. The Morgan fingerprint density at radius 3 is 2.36 bits per heavy atom. The maximum atomic E-state index is 12.4. The van der Waals surface area contributed by atoms with E-state index in [0.717, 1.165) is 0 Å². The van der Waals surface area contributed by atoms with Gasteiger partial charge in [0.2, 0.25) is 17.7 Å². The van der Waals surface area contributed by atoms with E-state index in [1.54, 1.807) is 13.8 Å². The first kappa shape index (κ1) is 23.3. The fourth-order valence-corrected chi connectivity index (χ4v) is 2.84. The monoisotopic (exact) mass is 400 g/mol. The molecule has 1 aliphatic rings. The molecular weight excluding hydrogens is 372 g/mol. The van der Waals surface area contributed by atoms with Crippen LogP contribution in [0.5, 0.6) is 0 Å². The van der Waals surface area contributed by atoms with Crippen molar-refractivity contribution in [1.82, 2.24) is 15.5 Å². The van der Waals surface area contributed by atoms with Crippen molar-refractivity contribution in [2.24, 2.45) is 11.7 Å². The third kappa shape index (κ3) is 6.80. The molecule has 11 nitrogen and oxygen atoms in total. The van der Waals surface area contributed by atoms with Gasteiger partial charge in [-0.05, 0) is 25.2 Å². The van der Waals surface area contributed by atoms with E-state index in [9.17, 15) is 24.0 Å². The van der Waals surface area contributed by atoms with E-state index in [0.29, 0.717) is 19.4 Å². The molecule has 1 rings (SSSR count). The molecule has 0 aliphatic carbocycles. The molecule has 0 radical (unpaired) electrons. The fraction of sp³-hybridized carbons (Fsp3) is 0.706. The summed E-state index contributed by atoms with van der Waals surface area (Å²) in [5, 5.41) is 22.2. The van der Waals surface area contributed by atoms with Gasteiger partial charge in [-0.3, -0.25) is 19.2 Å². The molecule has 1 saturated heterocycles. The highest BCUT2D eigenvalue weighted by Gasteiger charge is 2.36. The lowest BCUT2D eigenvalue weighted by Gasteiger charge is -2.28. The fourth-order valence-electron chi connectivity index (χ4n) is 2.84. The number of rotatable bonds is 10. The van der Waals surface area contributed by atoms with Gasteiger partial charge in [-0.1, -0.05) is 13.8 Å². The van der Waals surface area contributed by atoms with Crippen molar-refractivity contribution in [3.05, 3.63) is 0 Å². The van der Waals surface area contributed by atoms with Crippen molar-refractivity contribution in [3.8, 4) is 0 Å². The van der Waals surface area contributed by atoms with Gasteiger partial charge in [0.15, 0.2) is 0 Å². The highest BCUT2D eigenvalue weighted by molar-refractivity contribution is 5.93. The molecule has 158 valence electrons. The number of carbonyl (C=O) groups is 5. The average molecular weight is 400 g/mol. The molecule has 0 aromatic carbocycles. The van der Waals surface area contributed by atoms with Gasteiger partial charge in [0.25, 0.3) is 0 Å². The molecule has 0 spiro atoms. The number of carbonyl (C=O) groups excluding carboxylic acids is 3. The van der Waals surface area contributed by atoms with Crippen molar-refractivity contribution in [1.29, 1.82) is 0 Å². The Bertz CT molecular complexity index is 623. The summed E-state index contributed by atoms with van der Waals surface area (Å²) in [5.41, 5.74) is 5.87. The number of nitrogens with zero attached hydrogens (tertiary/aromatic N) is 1. The zero-order valence-corrected chi connectivity index (χ0v) is 16.0. The molecule has 1 heterocycles. The van der Waals surface area contributed by atoms with Crippen LogP contribution in [0.2, 0.25) is 0 Å². The largest absolute Gasteiger partial charge is 0.481 e. The first-order valence-corrected chi connectivity index (χ1v) is 9.12. The van der Waals surface area contributed by atoms with Gasteiger partial charge in [-0.25, -0.2) is 4.79 Å². The van der Waals surface area contributed by atoms with Crippen LogP contribution in [0.4, 0.5) is 0 Å². The summed E-state index contributed by atoms with van der Waals surface area (Å²) < 4.78 is 0. The van der Waals surface area contributed by atoms with Crippen molar-refractivity contribution in [3.63, 3.8) is 0 Å². The van der Waals surface area contributed by atoms with Crippen LogP contribution in [-0.2, 0) is 24.0 Å². The SMILES string of the molecule is CC(C)C(N)C(=O)N1CCCC1C(=O)NCC(=O)NC(CCC(=O)O)C(=O)O. The summed E-state index contributed by atoms with van der Waals surface area (Å²) in [4.78, 5) is 59.7. The molecule has 0 bridgehead atoms. The van der Waals surface area contributed by atoms with E-state index >= 15 is 0 Å². The van der Waals surface area contributed by atoms with E-state index in [4.69, 9.17) is 15.9 Å². The Hall–Kier alpha value is -2.69. The van der Waals surface area contributed by atoms with E-state index in [1.807, 2.05) is 0 Å². The molecule has 0 aromatic rings. The van der Waals surface area contributed by atoms with Gasteiger partial charge < -0.3 is 31.5 Å². The van der Waals surface area contributed by atoms with Crippen molar-refractivity contribution in [2.75, 3.05) is 13.1 Å². The van der Waals surface area contributed by atoms with Gasteiger partial charge in [0.05, 0.1) is 12.6 Å². The predicted octanol–water partition coefficient (Wildman–Crippen LogP) is -1.49. The molecule has 11 heteroatoms. The number of carboxylic acids is 2. The van der Waals surface area contributed by atoms with Crippen LogP contribution in [0, 0.1) is 5.92 Å². The van der Waals surface area contributed by atoms with E-state index in [1.165, 1.54) is 4.90 Å². The molecule has 1 aliphatic heterocycles. The Labute approximate surface area is 162 Å². The third-order valence-electron chi connectivity index (χ3n) is 4.55. The van der Waals surface area contributed by atoms with Crippen LogP contribution >= 0.6 is 0 Å². The lowest BCUT2D eigenvalue weighted by atomic mass is 10.0. The number of nitrogens with two attached hydrogens (primary N) is 1. The zero-order chi connectivity index (χ0) is 21.4. The smallest absolute Gasteiger partial charge is 0.326 e. The highest BCUT2D eigenvalue weighted by Crippen LogP contribution is 2.19. The zero-order valence-electron chi connectivity index (χ0n) is 16.0. The lowest BCUT2D eigenvalue weighted by Crippen LogP contribution is -2.54. The van der Waals surface area contributed by atoms with Gasteiger partial charge >= 0.3 is 11.9 Å². The van der Waals surface area contributed by atoms with Crippen LogP contribution in [0.15, 0.2) is 0 Å². The number of amides is 3. The molecule has 6 N–H and O–H groups in total. The minimum atomic E-state index is -1.37. The summed E-state index contributed by atoms with van der Waals surface area (Å²) in [6.45, 7) is 3.53. The van der Waals surface area contributed by atoms with Crippen molar-refractivity contribution >= 4 is 29.7 Å². The minimum Gasteiger partial charge on any atom is -0.481 e. The van der Waals surface area contributed by atoms with E-state index < -0.39 is 54.8 Å². The Morgan fingerprint density at radius 2 is 1.82 bits per heavy atom. The van der Waals surface area contributed by atoms with Crippen LogP contribution in [0.1, 0.15) is 39.5 Å². The normalized spacial score (nSPS) is 18.4. The van der Waals surface area contributed by atoms with Crippen LogP contribution in [0.25, 0.3) is 0 Å². The van der Waals surface area contributed by atoms with E-state index in [2.05, 4.69) is 10.6 Å². The molecule has 3 atom stereocenters. The average Bonchev–Trinajstić information content (AvgIpc) is 3.11. The van der Waals surface area contributed by atoms with Crippen LogP contribution in [0.3, 0.4) is 0 Å². The van der Waals surface area contributed by atoms with Gasteiger partial charge in [0.1, 0.15) is 12.1 Å². The van der Waals surface area contributed by atoms with Gasteiger partial charge in [-0.15, -0.1) is 0 Å². The maximum absolute atomic E-state index is 12.4. The predicted molar refractivity (Wildman–Crippen MR) is 97.0 cm³/mol. The Balaban J connectivity index is 2.57. The molecular formula is C17H28N4O7. The Kier molecular flexibility index (Phi) is 8.83. The van der Waals surface area contributed by atoms with Gasteiger partial charge in [0, 0.05) is 13.0 Å². The summed E-state index contributed by atoms with van der Waals surface area (Å²) in [6, 6.07) is -2.82. The van der Waals surface area contributed by atoms with Crippen molar-refractivity contribution in [2.45, 2.75) is 57.7 Å². The number of likely N-dealkylation sites (tertiary alicyclic amines) is 1. The standard InChI is InChI=1S/C17H28N4O7/c1-9(2)14(18)16(26)21-7-3-4-11(21)15(25)19-8-12(22)20-10(17(27)28)5-6-13(23)24/h9-11,14H,3-8,18H2,1-2H3,(H,19,25)(H,20,22)(H,23,24)(H,27,28). The number of nitrogens with one attached hydrogen (secondary N) is 2. The lowest BCUT2D eigenvalue weighted by molar-refractivity contribution is -0.143. The number of carboxylic acid groups (broad SMARTS) is 2. The number of aliphatic carboxylic acids is 2. The molecule has 0 saturated carbocycles. The van der Waals surface area contributed by atoms with Crippen molar-refractivity contribution < 1.29 is 34.2 Å². The summed E-state index contributed by atoms with van der Waals surface area (Å²) >= 11 is 0. The van der Waals surface area contributed by atoms with Crippen LogP contribution in [-0.4, -0.2) is 76.0 Å². The molecule has 3 amide bonds. The molecule has 0 aromatic heterocycles. The summed E-state index contributed by atoms with van der Waals surface area (Å²) in [5.74, 6) is -4.23.